The van der Waals surface area contributed by atoms with Crippen LogP contribution >= 0.6 is 0 Å². The third kappa shape index (κ3) is 10.1. The fourth-order valence-electron chi connectivity index (χ4n) is 5.25. The van der Waals surface area contributed by atoms with Crippen LogP contribution in [0.1, 0.15) is 56.2 Å². The van der Waals surface area contributed by atoms with E-state index in [0.29, 0.717) is 39.0 Å². The maximum absolute atomic E-state index is 13.1. The van der Waals surface area contributed by atoms with E-state index in [4.69, 9.17) is 4.74 Å². The monoisotopic (exact) mass is 569 g/mol. The second kappa shape index (κ2) is 15.8. The van der Waals surface area contributed by atoms with E-state index >= 15 is 0 Å². The highest BCUT2D eigenvalue weighted by atomic mass is 16.5. The minimum Gasteiger partial charge on any atom is -0.489 e. The number of nitrogens with zero attached hydrogens (tertiary/aromatic N) is 1. The third-order valence-electron chi connectivity index (χ3n) is 7.61. The highest BCUT2D eigenvalue weighted by Gasteiger charge is 2.27. The van der Waals surface area contributed by atoms with Gasteiger partial charge in [-0.15, -0.1) is 0 Å². The molecule has 0 aromatic heterocycles. The Morgan fingerprint density at radius 1 is 0.810 bits per heavy atom. The second-order valence-corrected chi connectivity index (χ2v) is 11.4. The molecule has 0 unspecified atom stereocenters. The molecule has 0 spiro atoms. The normalized spacial score (nSPS) is 14.3. The number of likely N-dealkylation sites (tertiary alicyclic amines) is 1. The number of ether oxygens (including phenoxy) is 1. The number of benzene rings is 3. The molecule has 1 fully saturated rings. The Bertz CT molecular complexity index is 1270. The molecule has 0 radical (unpaired) electrons. The van der Waals surface area contributed by atoms with Crippen molar-refractivity contribution < 1.29 is 19.1 Å². The lowest BCUT2D eigenvalue weighted by atomic mass is 9.92. The lowest BCUT2D eigenvalue weighted by Gasteiger charge is -2.32. The summed E-state index contributed by atoms with van der Waals surface area (Å²) in [5.74, 6) is 0.790. The van der Waals surface area contributed by atoms with Crippen molar-refractivity contribution in [3.8, 4) is 5.75 Å². The zero-order chi connectivity index (χ0) is 29.7. The van der Waals surface area contributed by atoms with Gasteiger partial charge in [0, 0.05) is 38.4 Å². The molecule has 222 valence electrons. The highest BCUT2D eigenvalue weighted by molar-refractivity contribution is 5.88. The summed E-state index contributed by atoms with van der Waals surface area (Å²) >= 11 is 0. The van der Waals surface area contributed by atoms with Gasteiger partial charge in [0.2, 0.25) is 17.7 Å². The molecule has 0 saturated carbocycles. The van der Waals surface area contributed by atoms with Crippen molar-refractivity contribution in [2.24, 2.45) is 5.92 Å². The standard InChI is InChI=1S/C35H43N3O4/c1-26(2)36-35(41)32(23-28-13-16-31(17-14-28)42-25-30-11-7-4-8-12-30)37-33(39)24-29-19-21-38(22-20-29)34(40)18-15-27-9-5-3-6-10-27/h3-14,16-17,26,29,32H,15,18-25H2,1-2H3,(H,36,41)(H,37,39)/t32-/m0/s1. The SMILES string of the molecule is CC(C)NC(=O)[C@H](Cc1ccc(OCc2ccccc2)cc1)NC(=O)CC1CCN(C(=O)CCc2ccccc2)CC1. The fraction of sp³-hybridized carbons (Fsp3) is 0.400. The van der Waals surface area contributed by atoms with E-state index in [-0.39, 0.29) is 29.7 Å². The predicted octanol–water partition coefficient (Wildman–Crippen LogP) is 5.08. The molecule has 7 nitrogen and oxygen atoms in total. The Hall–Kier alpha value is -4.13. The van der Waals surface area contributed by atoms with Crippen molar-refractivity contribution in [3.05, 3.63) is 102 Å². The minimum absolute atomic E-state index is 0.0329. The quantitative estimate of drug-likeness (QED) is 0.301. The van der Waals surface area contributed by atoms with Crippen molar-refractivity contribution in [2.75, 3.05) is 13.1 Å². The first kappa shape index (κ1) is 30.8. The fourth-order valence-corrected chi connectivity index (χ4v) is 5.25. The van der Waals surface area contributed by atoms with Crippen LogP contribution in [0.25, 0.3) is 0 Å². The van der Waals surface area contributed by atoms with Crippen LogP contribution in [0.5, 0.6) is 5.75 Å². The summed E-state index contributed by atoms with van der Waals surface area (Å²) in [5.41, 5.74) is 3.20. The zero-order valence-electron chi connectivity index (χ0n) is 24.8. The Morgan fingerprint density at radius 2 is 1.43 bits per heavy atom. The molecule has 7 heteroatoms. The third-order valence-corrected chi connectivity index (χ3v) is 7.61. The van der Waals surface area contributed by atoms with Gasteiger partial charge in [-0.1, -0.05) is 72.8 Å². The average Bonchev–Trinajstić information content (AvgIpc) is 3.00. The van der Waals surface area contributed by atoms with Crippen LogP contribution in [0.2, 0.25) is 0 Å². The molecule has 1 aliphatic rings. The van der Waals surface area contributed by atoms with E-state index in [1.54, 1.807) is 0 Å². The molecule has 3 aromatic rings. The summed E-state index contributed by atoms with van der Waals surface area (Å²) < 4.78 is 5.88. The van der Waals surface area contributed by atoms with Crippen LogP contribution in [0.3, 0.4) is 0 Å². The molecule has 1 saturated heterocycles. The molecule has 1 heterocycles. The minimum atomic E-state index is -0.671. The molecule has 1 atom stereocenters. The molecule has 3 amide bonds. The molecule has 3 aromatic carbocycles. The van der Waals surface area contributed by atoms with E-state index in [9.17, 15) is 14.4 Å². The van der Waals surface area contributed by atoms with Crippen LogP contribution < -0.4 is 15.4 Å². The van der Waals surface area contributed by atoms with Crippen LogP contribution in [-0.4, -0.2) is 47.8 Å². The number of amides is 3. The maximum atomic E-state index is 13.1. The maximum Gasteiger partial charge on any atom is 0.243 e. The molecular weight excluding hydrogens is 526 g/mol. The van der Waals surface area contributed by atoms with Crippen LogP contribution in [0.15, 0.2) is 84.9 Å². The predicted molar refractivity (Wildman–Crippen MR) is 165 cm³/mol. The number of rotatable bonds is 13. The number of piperidine rings is 1. The first-order valence-electron chi connectivity index (χ1n) is 15.0. The largest absolute Gasteiger partial charge is 0.489 e. The smallest absolute Gasteiger partial charge is 0.243 e. The Kier molecular flexibility index (Phi) is 11.6. The number of aryl methyl sites for hydroxylation is 1. The Labute approximate surface area is 249 Å². The van der Waals surface area contributed by atoms with Gasteiger partial charge in [0.25, 0.3) is 0 Å². The molecular formula is C35H43N3O4. The van der Waals surface area contributed by atoms with E-state index < -0.39 is 6.04 Å². The average molecular weight is 570 g/mol. The van der Waals surface area contributed by atoms with Gasteiger partial charge in [-0.05, 0) is 67.9 Å². The number of carbonyl (C=O) groups excluding carboxylic acids is 3. The first-order chi connectivity index (χ1) is 20.4. The Morgan fingerprint density at radius 3 is 2.05 bits per heavy atom. The molecule has 0 aliphatic carbocycles. The van der Waals surface area contributed by atoms with Gasteiger partial charge in [0.15, 0.2) is 0 Å². The lowest BCUT2D eigenvalue weighted by Crippen LogP contribution is -2.50. The van der Waals surface area contributed by atoms with E-state index in [1.165, 1.54) is 5.56 Å². The summed E-state index contributed by atoms with van der Waals surface area (Å²) in [4.78, 5) is 40.7. The van der Waals surface area contributed by atoms with Crippen molar-refractivity contribution in [2.45, 2.75) is 71.1 Å². The summed E-state index contributed by atoms with van der Waals surface area (Å²) in [6, 6.07) is 27.0. The van der Waals surface area contributed by atoms with Crippen LogP contribution in [0, 0.1) is 5.92 Å². The summed E-state index contributed by atoms with van der Waals surface area (Å²) in [5, 5.41) is 5.93. The van der Waals surface area contributed by atoms with Gasteiger partial charge in [0.05, 0.1) is 0 Å². The van der Waals surface area contributed by atoms with Crippen molar-refractivity contribution in [1.82, 2.24) is 15.5 Å². The zero-order valence-corrected chi connectivity index (χ0v) is 24.8. The van der Waals surface area contributed by atoms with Gasteiger partial charge in [-0.25, -0.2) is 0 Å². The second-order valence-electron chi connectivity index (χ2n) is 11.4. The summed E-state index contributed by atoms with van der Waals surface area (Å²) in [6.45, 7) is 5.63. The summed E-state index contributed by atoms with van der Waals surface area (Å²) in [6.07, 6.45) is 3.56. The van der Waals surface area contributed by atoms with Gasteiger partial charge in [-0.2, -0.15) is 0 Å². The van der Waals surface area contributed by atoms with E-state index in [1.807, 2.05) is 104 Å². The summed E-state index contributed by atoms with van der Waals surface area (Å²) in [7, 11) is 0. The molecule has 42 heavy (non-hydrogen) atoms. The number of hydrogen-bond donors (Lipinski definition) is 2. The van der Waals surface area contributed by atoms with Crippen LogP contribution in [0.4, 0.5) is 0 Å². The number of hydrogen-bond acceptors (Lipinski definition) is 4. The highest BCUT2D eigenvalue weighted by Crippen LogP contribution is 2.22. The van der Waals surface area contributed by atoms with Crippen molar-refractivity contribution >= 4 is 17.7 Å². The van der Waals surface area contributed by atoms with E-state index in [2.05, 4.69) is 10.6 Å². The van der Waals surface area contributed by atoms with E-state index in [0.717, 1.165) is 36.1 Å². The molecule has 1 aliphatic heterocycles. The lowest BCUT2D eigenvalue weighted by molar-refractivity contribution is -0.133. The van der Waals surface area contributed by atoms with Gasteiger partial charge < -0.3 is 20.3 Å². The van der Waals surface area contributed by atoms with Gasteiger partial charge >= 0.3 is 0 Å². The Balaban J connectivity index is 1.25. The van der Waals surface area contributed by atoms with Gasteiger partial charge in [-0.3, -0.25) is 14.4 Å². The van der Waals surface area contributed by atoms with Crippen molar-refractivity contribution in [3.63, 3.8) is 0 Å². The molecule has 4 rings (SSSR count). The number of nitrogens with one attached hydrogen (secondary N) is 2. The van der Waals surface area contributed by atoms with Crippen molar-refractivity contribution in [1.29, 1.82) is 0 Å². The van der Waals surface area contributed by atoms with Gasteiger partial charge in [0.1, 0.15) is 18.4 Å². The van der Waals surface area contributed by atoms with Crippen LogP contribution in [-0.2, 0) is 33.8 Å². The number of carbonyl (C=O) groups is 3. The first-order valence-corrected chi connectivity index (χ1v) is 15.0. The molecule has 0 bridgehead atoms. The molecule has 2 N–H and O–H groups in total. The topological polar surface area (TPSA) is 87.7 Å².